The largest absolute Gasteiger partial charge is 0.354 e. The van der Waals surface area contributed by atoms with Crippen LogP contribution in [0.15, 0.2) is 36.8 Å². The molecular formula is C20H25N7. The van der Waals surface area contributed by atoms with Crippen molar-refractivity contribution in [3.05, 3.63) is 42.5 Å². The third kappa shape index (κ3) is 4.17. The van der Waals surface area contributed by atoms with Crippen molar-refractivity contribution in [3.63, 3.8) is 0 Å². The maximum atomic E-state index is 9.30. The van der Waals surface area contributed by atoms with Crippen LogP contribution in [0.1, 0.15) is 18.5 Å². The highest BCUT2D eigenvalue weighted by molar-refractivity contribution is 5.49. The van der Waals surface area contributed by atoms with Gasteiger partial charge in [-0.2, -0.15) is 5.26 Å². The summed E-state index contributed by atoms with van der Waals surface area (Å²) in [4.78, 5) is 20.2. The Labute approximate surface area is 160 Å². The molecule has 7 nitrogen and oxygen atoms in total. The predicted molar refractivity (Wildman–Crippen MR) is 105 cm³/mol. The summed E-state index contributed by atoms with van der Waals surface area (Å²) in [5.41, 5.74) is 0.433. The SMILES string of the molecule is N#Cc1nccnc1N1CCCC(CN2CCN(c3ccccn3)CC2)C1. The fourth-order valence-corrected chi connectivity index (χ4v) is 4.11. The van der Waals surface area contributed by atoms with Crippen LogP contribution in [-0.4, -0.2) is 65.7 Å². The Morgan fingerprint density at radius 2 is 1.81 bits per heavy atom. The van der Waals surface area contributed by atoms with Crippen LogP contribution in [0.3, 0.4) is 0 Å². The molecule has 2 saturated heterocycles. The second-order valence-electron chi connectivity index (χ2n) is 7.27. The third-order valence-corrected chi connectivity index (χ3v) is 5.47. The standard InChI is InChI=1S/C20H25N7/c21-14-18-20(24-8-7-22-18)27-9-3-4-17(16-27)15-25-10-12-26(13-11-25)19-5-1-2-6-23-19/h1-2,5-8,17H,3-4,9-13,15-16H2. The smallest absolute Gasteiger partial charge is 0.183 e. The number of aromatic nitrogens is 3. The van der Waals surface area contributed by atoms with E-state index in [1.165, 1.54) is 6.42 Å². The van der Waals surface area contributed by atoms with E-state index in [4.69, 9.17) is 0 Å². The highest BCUT2D eigenvalue weighted by atomic mass is 15.3. The van der Waals surface area contributed by atoms with Crippen LogP contribution in [0.5, 0.6) is 0 Å². The maximum Gasteiger partial charge on any atom is 0.183 e. The molecule has 140 valence electrons. The van der Waals surface area contributed by atoms with Crippen LogP contribution in [0, 0.1) is 17.2 Å². The Bertz CT molecular complexity index is 780. The van der Waals surface area contributed by atoms with Gasteiger partial charge in [0.05, 0.1) is 0 Å². The Hall–Kier alpha value is -2.72. The summed E-state index contributed by atoms with van der Waals surface area (Å²) in [5, 5.41) is 9.30. The van der Waals surface area contributed by atoms with Gasteiger partial charge >= 0.3 is 0 Å². The van der Waals surface area contributed by atoms with Crippen molar-refractivity contribution < 1.29 is 0 Å². The normalized spacial score (nSPS) is 21.1. The van der Waals surface area contributed by atoms with Gasteiger partial charge in [-0.05, 0) is 30.9 Å². The van der Waals surface area contributed by atoms with Crippen LogP contribution >= 0.6 is 0 Å². The Balaban J connectivity index is 1.32. The zero-order valence-electron chi connectivity index (χ0n) is 15.5. The molecule has 0 aliphatic carbocycles. The molecule has 0 saturated carbocycles. The van der Waals surface area contributed by atoms with Crippen LogP contribution in [-0.2, 0) is 0 Å². The first-order chi connectivity index (χ1) is 13.3. The summed E-state index contributed by atoms with van der Waals surface area (Å²) in [5.74, 6) is 2.42. The van der Waals surface area contributed by atoms with Crippen molar-refractivity contribution in [1.82, 2.24) is 19.9 Å². The molecule has 27 heavy (non-hydrogen) atoms. The molecule has 2 aliphatic heterocycles. The van der Waals surface area contributed by atoms with Gasteiger partial charge in [-0.3, -0.25) is 4.90 Å². The number of piperazine rings is 1. The zero-order chi connectivity index (χ0) is 18.5. The first kappa shape index (κ1) is 17.7. The van der Waals surface area contributed by atoms with Crippen LogP contribution in [0.4, 0.5) is 11.6 Å². The van der Waals surface area contributed by atoms with E-state index in [1.807, 2.05) is 18.3 Å². The summed E-state index contributed by atoms with van der Waals surface area (Å²) < 4.78 is 0. The second-order valence-corrected chi connectivity index (χ2v) is 7.27. The Morgan fingerprint density at radius 3 is 2.59 bits per heavy atom. The number of piperidine rings is 1. The number of pyridine rings is 1. The lowest BCUT2D eigenvalue weighted by Gasteiger charge is -2.40. The molecule has 0 bridgehead atoms. The van der Waals surface area contributed by atoms with Gasteiger partial charge in [0.15, 0.2) is 11.5 Å². The van der Waals surface area contributed by atoms with Crippen molar-refractivity contribution in [2.75, 3.05) is 55.6 Å². The van der Waals surface area contributed by atoms with Crippen molar-refractivity contribution in [2.24, 2.45) is 5.92 Å². The summed E-state index contributed by atoms with van der Waals surface area (Å²) >= 11 is 0. The zero-order valence-corrected chi connectivity index (χ0v) is 15.5. The van der Waals surface area contributed by atoms with Crippen LogP contribution < -0.4 is 9.80 Å². The maximum absolute atomic E-state index is 9.30. The Kier molecular flexibility index (Phi) is 5.45. The predicted octanol–water partition coefficient (Wildman–Crippen LogP) is 1.78. The fourth-order valence-electron chi connectivity index (χ4n) is 4.11. The van der Waals surface area contributed by atoms with Gasteiger partial charge in [0.2, 0.25) is 0 Å². The lowest BCUT2D eigenvalue weighted by molar-refractivity contribution is 0.205. The van der Waals surface area contributed by atoms with E-state index in [0.29, 0.717) is 11.6 Å². The van der Waals surface area contributed by atoms with E-state index in [2.05, 4.69) is 41.8 Å². The summed E-state index contributed by atoms with van der Waals surface area (Å²) in [6.07, 6.45) is 7.50. The molecule has 7 heteroatoms. The van der Waals surface area contributed by atoms with Gasteiger partial charge in [0, 0.05) is 64.4 Å². The average molecular weight is 363 g/mol. The van der Waals surface area contributed by atoms with Gasteiger partial charge in [-0.25, -0.2) is 15.0 Å². The monoisotopic (exact) mass is 363 g/mol. The molecule has 1 atom stereocenters. The van der Waals surface area contributed by atoms with E-state index >= 15 is 0 Å². The number of anilines is 2. The number of hydrogen-bond donors (Lipinski definition) is 0. The van der Waals surface area contributed by atoms with Crippen LogP contribution in [0.2, 0.25) is 0 Å². The molecule has 2 aromatic rings. The summed E-state index contributed by atoms with van der Waals surface area (Å²) in [6.45, 7) is 7.20. The fraction of sp³-hybridized carbons (Fsp3) is 0.500. The number of nitrogens with zero attached hydrogens (tertiary/aromatic N) is 7. The van der Waals surface area contributed by atoms with Crippen molar-refractivity contribution >= 4 is 11.6 Å². The molecule has 1 unspecified atom stereocenters. The van der Waals surface area contributed by atoms with Gasteiger partial charge < -0.3 is 9.80 Å². The molecule has 4 heterocycles. The van der Waals surface area contributed by atoms with Gasteiger partial charge in [-0.1, -0.05) is 6.07 Å². The minimum atomic E-state index is 0.433. The second kappa shape index (κ2) is 8.31. The van der Waals surface area contributed by atoms with Gasteiger partial charge in [-0.15, -0.1) is 0 Å². The Morgan fingerprint density at radius 1 is 0.963 bits per heavy atom. The lowest BCUT2D eigenvalue weighted by atomic mass is 9.97. The molecule has 4 rings (SSSR count). The molecule has 0 spiro atoms. The third-order valence-electron chi connectivity index (χ3n) is 5.47. The molecule has 0 aromatic carbocycles. The number of hydrogen-bond acceptors (Lipinski definition) is 7. The minimum absolute atomic E-state index is 0.433. The quantitative estimate of drug-likeness (QED) is 0.820. The molecular weight excluding hydrogens is 338 g/mol. The molecule has 2 fully saturated rings. The average Bonchev–Trinajstić information content (AvgIpc) is 2.75. The van der Waals surface area contributed by atoms with Gasteiger partial charge in [0.1, 0.15) is 11.9 Å². The van der Waals surface area contributed by atoms with Gasteiger partial charge in [0.25, 0.3) is 0 Å². The summed E-state index contributed by atoms with van der Waals surface area (Å²) in [6, 6.07) is 8.27. The highest BCUT2D eigenvalue weighted by Crippen LogP contribution is 2.24. The first-order valence-corrected chi connectivity index (χ1v) is 9.68. The number of nitriles is 1. The van der Waals surface area contributed by atoms with Crippen LogP contribution in [0.25, 0.3) is 0 Å². The lowest BCUT2D eigenvalue weighted by Crippen LogP contribution is -2.50. The molecule has 2 aliphatic rings. The first-order valence-electron chi connectivity index (χ1n) is 9.68. The van der Waals surface area contributed by atoms with E-state index in [0.717, 1.165) is 63.9 Å². The molecule has 0 N–H and O–H groups in total. The molecule has 0 amide bonds. The topological polar surface area (TPSA) is 72.2 Å². The van der Waals surface area contributed by atoms with E-state index in [1.54, 1.807) is 12.4 Å². The van der Waals surface area contributed by atoms with Crippen molar-refractivity contribution in [2.45, 2.75) is 12.8 Å². The minimum Gasteiger partial charge on any atom is -0.354 e. The molecule has 2 aromatic heterocycles. The number of rotatable bonds is 4. The van der Waals surface area contributed by atoms with Crippen molar-refractivity contribution in [3.8, 4) is 6.07 Å². The van der Waals surface area contributed by atoms with E-state index in [-0.39, 0.29) is 0 Å². The highest BCUT2D eigenvalue weighted by Gasteiger charge is 2.26. The van der Waals surface area contributed by atoms with Crippen molar-refractivity contribution in [1.29, 1.82) is 5.26 Å². The summed E-state index contributed by atoms with van der Waals surface area (Å²) in [7, 11) is 0. The van der Waals surface area contributed by atoms with E-state index < -0.39 is 0 Å². The molecule has 0 radical (unpaired) electrons. The van der Waals surface area contributed by atoms with E-state index in [9.17, 15) is 5.26 Å².